The molecule has 0 aliphatic rings. The first-order chi connectivity index (χ1) is 7.66. The van der Waals surface area contributed by atoms with Crippen molar-refractivity contribution in [3.63, 3.8) is 0 Å². The van der Waals surface area contributed by atoms with Crippen LogP contribution in [0, 0.1) is 6.92 Å². The third-order valence-corrected chi connectivity index (χ3v) is 2.84. The Morgan fingerprint density at radius 1 is 1.50 bits per heavy atom. The number of halogens is 1. The second kappa shape index (κ2) is 4.67. The van der Waals surface area contributed by atoms with Crippen molar-refractivity contribution < 1.29 is 4.79 Å². The lowest BCUT2D eigenvalue weighted by atomic mass is 10.3. The lowest BCUT2D eigenvalue weighted by Crippen LogP contribution is -2.13. The molecule has 1 amide bonds. The van der Waals surface area contributed by atoms with E-state index in [9.17, 15) is 4.79 Å². The molecular formula is C9H7BrN4OS. The third-order valence-electron chi connectivity index (χ3n) is 1.89. The molecule has 0 unspecified atom stereocenters. The van der Waals surface area contributed by atoms with Crippen LogP contribution in [0.15, 0.2) is 22.1 Å². The maximum Gasteiger partial charge on any atom is 0.277 e. The number of aromatic nitrogens is 3. The summed E-state index contributed by atoms with van der Waals surface area (Å²) in [6.07, 6.45) is 0. The Morgan fingerprint density at radius 3 is 2.94 bits per heavy atom. The van der Waals surface area contributed by atoms with Crippen molar-refractivity contribution >= 4 is 39.1 Å². The van der Waals surface area contributed by atoms with E-state index < -0.39 is 0 Å². The molecule has 16 heavy (non-hydrogen) atoms. The van der Waals surface area contributed by atoms with Crippen LogP contribution < -0.4 is 5.32 Å². The SMILES string of the molecule is Cc1nc(Br)ccc1NC(=O)c1csnn1. The average molecular weight is 299 g/mol. The van der Waals surface area contributed by atoms with Crippen LogP contribution in [0.1, 0.15) is 16.2 Å². The number of hydrogen-bond acceptors (Lipinski definition) is 5. The molecular weight excluding hydrogens is 292 g/mol. The quantitative estimate of drug-likeness (QED) is 0.864. The van der Waals surface area contributed by atoms with E-state index >= 15 is 0 Å². The standard InChI is InChI=1S/C9H7BrN4OS/c1-5-6(2-3-8(10)11-5)12-9(15)7-4-16-14-13-7/h2-4H,1H3,(H,12,15). The number of nitrogens with one attached hydrogen (secondary N) is 1. The maximum atomic E-state index is 11.7. The fourth-order valence-electron chi connectivity index (χ4n) is 1.11. The highest BCUT2D eigenvalue weighted by atomic mass is 79.9. The van der Waals surface area contributed by atoms with E-state index in [1.807, 2.05) is 6.92 Å². The van der Waals surface area contributed by atoms with Gasteiger partial charge in [0.1, 0.15) is 4.60 Å². The van der Waals surface area contributed by atoms with Crippen LogP contribution in [0.3, 0.4) is 0 Å². The fraction of sp³-hybridized carbons (Fsp3) is 0.111. The van der Waals surface area contributed by atoms with Crippen molar-refractivity contribution in [3.8, 4) is 0 Å². The van der Waals surface area contributed by atoms with E-state index in [-0.39, 0.29) is 5.91 Å². The number of pyridine rings is 1. The zero-order valence-corrected chi connectivity index (χ0v) is 10.7. The minimum Gasteiger partial charge on any atom is -0.319 e. The molecule has 2 heterocycles. The highest BCUT2D eigenvalue weighted by molar-refractivity contribution is 9.10. The topological polar surface area (TPSA) is 67.8 Å². The van der Waals surface area contributed by atoms with Crippen molar-refractivity contribution in [2.24, 2.45) is 0 Å². The van der Waals surface area contributed by atoms with Gasteiger partial charge in [-0.1, -0.05) is 4.49 Å². The van der Waals surface area contributed by atoms with Crippen LogP contribution >= 0.6 is 27.5 Å². The highest BCUT2D eigenvalue weighted by Gasteiger charge is 2.10. The third kappa shape index (κ3) is 2.42. The monoisotopic (exact) mass is 298 g/mol. The normalized spacial score (nSPS) is 10.1. The molecule has 82 valence electrons. The predicted octanol–water partition coefficient (Wildman–Crippen LogP) is 2.26. The molecule has 0 radical (unpaired) electrons. The van der Waals surface area contributed by atoms with Gasteiger partial charge in [-0.25, -0.2) is 4.98 Å². The van der Waals surface area contributed by atoms with E-state index in [0.717, 1.165) is 21.8 Å². The number of carbonyl (C=O) groups is 1. The van der Waals surface area contributed by atoms with Gasteiger partial charge in [-0.05, 0) is 46.5 Å². The number of rotatable bonds is 2. The molecule has 0 bridgehead atoms. The molecule has 0 saturated carbocycles. The molecule has 0 aliphatic heterocycles. The predicted molar refractivity (Wildman–Crippen MR) is 64.5 cm³/mol. The van der Waals surface area contributed by atoms with Gasteiger partial charge in [0.05, 0.1) is 11.4 Å². The highest BCUT2D eigenvalue weighted by Crippen LogP contribution is 2.16. The van der Waals surface area contributed by atoms with Gasteiger partial charge < -0.3 is 5.32 Å². The Kier molecular flexibility index (Phi) is 3.25. The minimum atomic E-state index is -0.277. The van der Waals surface area contributed by atoms with Gasteiger partial charge in [-0.2, -0.15) is 0 Å². The first-order valence-electron chi connectivity index (χ1n) is 4.38. The van der Waals surface area contributed by atoms with Crippen molar-refractivity contribution in [2.45, 2.75) is 6.92 Å². The van der Waals surface area contributed by atoms with Crippen LogP contribution in [0.25, 0.3) is 0 Å². The number of amides is 1. The summed E-state index contributed by atoms with van der Waals surface area (Å²) < 4.78 is 4.36. The van der Waals surface area contributed by atoms with Crippen LogP contribution in [-0.2, 0) is 0 Å². The van der Waals surface area contributed by atoms with Gasteiger partial charge in [0.25, 0.3) is 5.91 Å². The molecule has 2 aromatic heterocycles. The van der Waals surface area contributed by atoms with E-state index in [2.05, 4.69) is 35.8 Å². The van der Waals surface area contributed by atoms with Gasteiger partial charge in [0.2, 0.25) is 0 Å². The molecule has 5 nitrogen and oxygen atoms in total. The number of hydrogen-bond donors (Lipinski definition) is 1. The van der Waals surface area contributed by atoms with E-state index in [4.69, 9.17) is 0 Å². The molecule has 0 aromatic carbocycles. The van der Waals surface area contributed by atoms with Gasteiger partial charge in [-0.15, -0.1) is 5.10 Å². The summed E-state index contributed by atoms with van der Waals surface area (Å²) in [7, 11) is 0. The van der Waals surface area contributed by atoms with Crippen LogP contribution in [-0.4, -0.2) is 20.5 Å². The minimum absolute atomic E-state index is 0.277. The first kappa shape index (κ1) is 11.2. The second-order valence-corrected chi connectivity index (χ2v) is 4.43. The van der Waals surface area contributed by atoms with Crippen LogP contribution in [0.2, 0.25) is 0 Å². The molecule has 0 saturated heterocycles. The van der Waals surface area contributed by atoms with Gasteiger partial charge in [0, 0.05) is 5.38 Å². The molecule has 0 fully saturated rings. The van der Waals surface area contributed by atoms with Crippen molar-refractivity contribution in [2.75, 3.05) is 5.32 Å². The first-order valence-corrected chi connectivity index (χ1v) is 6.01. The molecule has 7 heteroatoms. The molecule has 1 N–H and O–H groups in total. The molecule has 0 atom stereocenters. The Bertz CT molecular complexity index is 514. The fourth-order valence-corrected chi connectivity index (χ4v) is 1.95. The van der Waals surface area contributed by atoms with E-state index in [1.54, 1.807) is 17.5 Å². The summed E-state index contributed by atoms with van der Waals surface area (Å²) >= 11 is 4.40. The summed E-state index contributed by atoms with van der Waals surface area (Å²) in [6, 6.07) is 3.55. The van der Waals surface area contributed by atoms with Crippen molar-refractivity contribution in [3.05, 3.63) is 33.5 Å². The molecule has 0 spiro atoms. The lowest BCUT2D eigenvalue weighted by molar-refractivity contribution is 0.102. The summed E-state index contributed by atoms with van der Waals surface area (Å²) in [5.74, 6) is -0.277. The number of nitrogens with zero attached hydrogens (tertiary/aromatic N) is 3. The van der Waals surface area contributed by atoms with Gasteiger partial charge in [-0.3, -0.25) is 4.79 Å². The number of aryl methyl sites for hydroxylation is 1. The second-order valence-electron chi connectivity index (χ2n) is 3.01. The Balaban J connectivity index is 2.18. The summed E-state index contributed by atoms with van der Waals surface area (Å²) in [5, 5.41) is 8.00. The lowest BCUT2D eigenvalue weighted by Gasteiger charge is -2.05. The Morgan fingerprint density at radius 2 is 2.31 bits per heavy atom. The molecule has 2 aromatic rings. The molecule has 0 aliphatic carbocycles. The Labute approximate surface area is 104 Å². The van der Waals surface area contributed by atoms with Crippen LogP contribution in [0.4, 0.5) is 5.69 Å². The van der Waals surface area contributed by atoms with Crippen LogP contribution in [0.5, 0.6) is 0 Å². The van der Waals surface area contributed by atoms with E-state index in [1.165, 1.54) is 0 Å². The van der Waals surface area contributed by atoms with E-state index in [0.29, 0.717) is 11.4 Å². The van der Waals surface area contributed by atoms with Crippen molar-refractivity contribution in [1.29, 1.82) is 0 Å². The van der Waals surface area contributed by atoms with Gasteiger partial charge in [0.15, 0.2) is 5.69 Å². The largest absolute Gasteiger partial charge is 0.319 e. The Hall–Kier alpha value is -1.34. The molecule has 2 rings (SSSR count). The van der Waals surface area contributed by atoms with Crippen molar-refractivity contribution in [1.82, 2.24) is 14.6 Å². The number of carbonyl (C=O) groups excluding carboxylic acids is 1. The summed E-state index contributed by atoms with van der Waals surface area (Å²) in [5.41, 5.74) is 1.72. The average Bonchev–Trinajstić information content (AvgIpc) is 2.75. The summed E-state index contributed by atoms with van der Waals surface area (Å²) in [6.45, 7) is 1.82. The zero-order valence-electron chi connectivity index (χ0n) is 8.27. The summed E-state index contributed by atoms with van der Waals surface area (Å²) in [4.78, 5) is 15.8. The maximum absolute atomic E-state index is 11.7. The zero-order chi connectivity index (χ0) is 11.5. The number of anilines is 1. The smallest absolute Gasteiger partial charge is 0.277 e. The van der Waals surface area contributed by atoms with Gasteiger partial charge >= 0.3 is 0 Å².